The van der Waals surface area contributed by atoms with Gasteiger partial charge in [-0.3, -0.25) is 9.78 Å². The van der Waals surface area contributed by atoms with E-state index >= 15 is 0 Å². The van der Waals surface area contributed by atoms with Crippen molar-refractivity contribution in [3.05, 3.63) is 77.1 Å². The number of amides is 1. The number of halogens is 1. The first-order valence-electron chi connectivity index (χ1n) is 14.9. The van der Waals surface area contributed by atoms with Crippen LogP contribution in [0, 0.1) is 0 Å². The van der Waals surface area contributed by atoms with Crippen LogP contribution in [-0.4, -0.2) is 44.5 Å². The lowest BCUT2D eigenvalue weighted by Gasteiger charge is -2.22. The number of carbonyl (C=O) groups excluding carboxylic acids is 1. The highest BCUT2D eigenvalue weighted by molar-refractivity contribution is 7.89. The number of pyridine rings is 1. The first kappa shape index (κ1) is 31.4. The van der Waals surface area contributed by atoms with Crippen LogP contribution in [-0.2, 0) is 31.8 Å². The van der Waals surface area contributed by atoms with Crippen LogP contribution in [0.5, 0.6) is 5.75 Å². The van der Waals surface area contributed by atoms with Gasteiger partial charge < -0.3 is 20.5 Å². The van der Waals surface area contributed by atoms with E-state index in [1.165, 1.54) is 6.07 Å². The van der Waals surface area contributed by atoms with E-state index in [2.05, 4.69) is 21.1 Å². The number of para-hydroxylation sites is 1. The van der Waals surface area contributed by atoms with Crippen molar-refractivity contribution >= 4 is 27.5 Å². The van der Waals surface area contributed by atoms with E-state index in [4.69, 9.17) is 26.8 Å². The Hall–Kier alpha value is -3.02. The van der Waals surface area contributed by atoms with Gasteiger partial charge in [0.15, 0.2) is 0 Å². The number of hydrogen-bond donors (Lipinski definition) is 3. The molecule has 0 saturated heterocycles. The first-order valence-corrected chi connectivity index (χ1v) is 16.7. The highest BCUT2D eigenvalue weighted by Gasteiger charge is 2.47. The molecule has 1 amide bonds. The Labute approximate surface area is 258 Å². The lowest BCUT2D eigenvalue weighted by molar-refractivity contribution is -0.122. The fraction of sp³-hybridized carbons (Fsp3) is 0.438. The summed E-state index contributed by atoms with van der Waals surface area (Å²) in [5.41, 5.74) is 9.13. The number of aromatic nitrogens is 1. The van der Waals surface area contributed by atoms with E-state index in [1.54, 1.807) is 18.3 Å². The van der Waals surface area contributed by atoms with Gasteiger partial charge in [-0.15, -0.1) is 0 Å². The maximum absolute atomic E-state index is 12.9. The summed E-state index contributed by atoms with van der Waals surface area (Å²) in [5, 5.41) is 3.01. The number of ether oxygens (including phenoxy) is 2. The van der Waals surface area contributed by atoms with Crippen molar-refractivity contribution in [1.82, 2.24) is 15.0 Å². The summed E-state index contributed by atoms with van der Waals surface area (Å²) in [7, 11) is -3.75. The third-order valence-electron chi connectivity index (χ3n) is 7.77. The molecule has 230 valence electrons. The molecule has 2 aromatic carbocycles. The topological polar surface area (TPSA) is 133 Å². The van der Waals surface area contributed by atoms with Gasteiger partial charge in [-0.2, -0.15) is 0 Å². The summed E-state index contributed by atoms with van der Waals surface area (Å²) >= 11 is 6.55. The lowest BCUT2D eigenvalue weighted by Crippen LogP contribution is -2.40. The third-order valence-corrected chi connectivity index (χ3v) is 9.58. The van der Waals surface area contributed by atoms with Crippen LogP contribution in [0.2, 0.25) is 5.02 Å². The summed E-state index contributed by atoms with van der Waals surface area (Å²) in [6.07, 6.45) is 9.45. The Balaban J connectivity index is 1.20. The molecule has 1 atom stereocenters. The monoisotopic (exact) mass is 626 g/mol. The molecule has 0 aliphatic heterocycles. The molecule has 43 heavy (non-hydrogen) atoms. The zero-order chi connectivity index (χ0) is 30.5. The van der Waals surface area contributed by atoms with Crippen LogP contribution in [0.3, 0.4) is 0 Å². The van der Waals surface area contributed by atoms with Crippen LogP contribution in [0.15, 0.2) is 65.8 Å². The quantitative estimate of drug-likeness (QED) is 0.189. The molecule has 2 aliphatic carbocycles. The van der Waals surface area contributed by atoms with Crippen molar-refractivity contribution in [2.24, 2.45) is 5.73 Å². The van der Waals surface area contributed by atoms with Gasteiger partial charge in [0, 0.05) is 41.6 Å². The molecule has 0 bridgehead atoms. The van der Waals surface area contributed by atoms with Gasteiger partial charge in [0.05, 0.1) is 29.2 Å². The van der Waals surface area contributed by atoms with Crippen molar-refractivity contribution in [2.75, 3.05) is 13.1 Å². The maximum Gasteiger partial charge on any atom is 0.240 e. The predicted molar refractivity (Wildman–Crippen MR) is 166 cm³/mol. The molecule has 5 rings (SSSR count). The molecule has 0 spiro atoms. The van der Waals surface area contributed by atoms with E-state index in [0.717, 1.165) is 48.1 Å². The second kappa shape index (κ2) is 13.7. The minimum atomic E-state index is -3.75. The summed E-state index contributed by atoms with van der Waals surface area (Å²) in [5.74, 6) is 0.670. The number of nitrogens with zero attached hydrogens (tertiary/aromatic N) is 1. The minimum Gasteiger partial charge on any atom is -0.490 e. The van der Waals surface area contributed by atoms with Gasteiger partial charge in [0.1, 0.15) is 5.75 Å². The largest absolute Gasteiger partial charge is 0.490 e. The number of sulfonamides is 1. The van der Waals surface area contributed by atoms with Gasteiger partial charge in [0.25, 0.3) is 0 Å². The number of hydrogen-bond acceptors (Lipinski definition) is 7. The van der Waals surface area contributed by atoms with Crippen molar-refractivity contribution in [3.8, 4) is 16.9 Å². The second-order valence-electron chi connectivity index (χ2n) is 11.2. The molecule has 1 unspecified atom stereocenters. The molecule has 4 N–H and O–H groups in total. The smallest absolute Gasteiger partial charge is 0.240 e. The van der Waals surface area contributed by atoms with Crippen LogP contribution in [0.1, 0.15) is 63.0 Å². The Morgan fingerprint density at radius 3 is 2.65 bits per heavy atom. The van der Waals surface area contributed by atoms with Crippen molar-refractivity contribution in [1.29, 1.82) is 0 Å². The van der Waals surface area contributed by atoms with E-state index in [-0.39, 0.29) is 30.1 Å². The number of likely N-dealkylation sites (N-methyl/N-ethyl adjacent to an activating group) is 1. The average Bonchev–Trinajstić information content (AvgIpc) is 3.94. The molecule has 0 radical (unpaired) electrons. The molecule has 3 aromatic rings. The van der Waals surface area contributed by atoms with Gasteiger partial charge in [0.2, 0.25) is 15.9 Å². The maximum atomic E-state index is 12.9. The normalized spacial score (nSPS) is 16.4. The molecule has 2 saturated carbocycles. The van der Waals surface area contributed by atoms with Crippen LogP contribution in [0.4, 0.5) is 0 Å². The Bertz CT molecular complexity index is 1540. The van der Waals surface area contributed by atoms with Crippen molar-refractivity contribution in [2.45, 2.75) is 81.1 Å². The van der Waals surface area contributed by atoms with Gasteiger partial charge >= 0.3 is 0 Å². The van der Waals surface area contributed by atoms with Crippen molar-refractivity contribution in [3.63, 3.8) is 0 Å². The molecule has 1 heterocycles. The van der Waals surface area contributed by atoms with E-state index in [0.29, 0.717) is 36.4 Å². The van der Waals surface area contributed by atoms with Crippen LogP contribution >= 0.6 is 11.6 Å². The van der Waals surface area contributed by atoms with Gasteiger partial charge in [-0.05, 0) is 80.8 Å². The molecule has 11 heteroatoms. The third kappa shape index (κ3) is 7.93. The highest BCUT2D eigenvalue weighted by Crippen LogP contribution is 2.53. The number of carbonyl (C=O) groups is 1. The number of benzene rings is 2. The van der Waals surface area contributed by atoms with E-state index in [1.807, 2.05) is 37.4 Å². The fourth-order valence-corrected chi connectivity index (χ4v) is 6.40. The molecule has 9 nitrogen and oxygen atoms in total. The number of unbranched alkanes of at least 4 members (excludes halogenated alkanes) is 1. The SMILES string of the molecule is CCNC(=O)C(N)CCCCNS(=O)(=O)c1ccc(COC2(c3cnccc3-c3ccccc3OC3CC3)CC2)c(Cl)c1. The number of nitrogens with one attached hydrogen (secondary N) is 2. The molecule has 2 aliphatic rings. The molecular formula is C32H39ClN4O5S. The Kier molecular flexibility index (Phi) is 10.0. The van der Waals surface area contributed by atoms with Gasteiger partial charge in [-0.25, -0.2) is 13.1 Å². The van der Waals surface area contributed by atoms with E-state index < -0.39 is 21.7 Å². The molecule has 1 aromatic heterocycles. The summed E-state index contributed by atoms with van der Waals surface area (Å²) < 4.78 is 41.0. The first-order chi connectivity index (χ1) is 20.7. The Morgan fingerprint density at radius 1 is 1.14 bits per heavy atom. The molecular weight excluding hydrogens is 588 g/mol. The Morgan fingerprint density at radius 2 is 1.93 bits per heavy atom. The van der Waals surface area contributed by atoms with Gasteiger partial charge in [-0.1, -0.05) is 42.3 Å². The highest BCUT2D eigenvalue weighted by atomic mass is 35.5. The average molecular weight is 627 g/mol. The van der Waals surface area contributed by atoms with E-state index in [9.17, 15) is 13.2 Å². The van der Waals surface area contributed by atoms with Crippen LogP contribution < -0.4 is 20.5 Å². The summed E-state index contributed by atoms with van der Waals surface area (Å²) in [4.78, 5) is 16.2. The van der Waals surface area contributed by atoms with Crippen molar-refractivity contribution < 1.29 is 22.7 Å². The lowest BCUT2D eigenvalue weighted by atomic mass is 9.96. The zero-order valence-electron chi connectivity index (χ0n) is 24.4. The zero-order valence-corrected chi connectivity index (χ0v) is 25.9. The second-order valence-corrected chi connectivity index (χ2v) is 13.3. The standard InChI is InChI=1S/C32H39ClN4O5S/c1-2-36-31(38)29(34)8-5-6-17-37-43(39,40)24-13-10-22(28(33)19-24)21-41-32(15-16-32)27-20-35-18-14-25(27)26-7-3-4-9-30(26)42-23-11-12-23/h3-4,7,9-10,13-14,18-20,23,29,37H,2,5-6,8,11-12,15-17,21,34H2,1H3,(H,36,38). The van der Waals surface area contributed by atoms with Crippen LogP contribution in [0.25, 0.3) is 11.1 Å². The molecule has 2 fully saturated rings. The number of nitrogens with two attached hydrogens (primary N) is 1. The number of rotatable bonds is 16. The minimum absolute atomic E-state index is 0.0863. The summed E-state index contributed by atoms with van der Waals surface area (Å²) in [6, 6.07) is 14.2. The predicted octanol–water partition coefficient (Wildman–Crippen LogP) is 5.06. The fourth-order valence-electron chi connectivity index (χ4n) is 5.00. The summed E-state index contributed by atoms with van der Waals surface area (Å²) in [6.45, 7) is 2.82.